The van der Waals surface area contributed by atoms with Crippen LogP contribution in [0.4, 0.5) is 29.1 Å². The molecule has 1 amide bonds. The Balaban J connectivity index is 1.21. The number of benzene rings is 1. The number of rotatable bonds is 7. The minimum Gasteiger partial charge on any atom is -0.481 e. The van der Waals surface area contributed by atoms with Crippen molar-refractivity contribution < 1.29 is 27.9 Å². The second-order valence-corrected chi connectivity index (χ2v) is 13.5. The van der Waals surface area contributed by atoms with Crippen molar-refractivity contribution in [2.24, 2.45) is 5.92 Å². The molecule has 0 bridgehead atoms. The van der Waals surface area contributed by atoms with Gasteiger partial charge in [0.15, 0.2) is 5.13 Å². The number of pyridine rings is 1. The van der Waals surface area contributed by atoms with Crippen molar-refractivity contribution in [2.75, 3.05) is 54.4 Å². The number of nitrogens with zero attached hydrogens (tertiary/aromatic N) is 5. The molecule has 0 radical (unpaired) electrons. The van der Waals surface area contributed by atoms with Crippen molar-refractivity contribution in [1.29, 1.82) is 0 Å². The van der Waals surface area contributed by atoms with Gasteiger partial charge >= 0.3 is 12.1 Å². The number of aromatic nitrogens is 2. The van der Waals surface area contributed by atoms with E-state index in [1.54, 1.807) is 6.07 Å². The van der Waals surface area contributed by atoms with Gasteiger partial charge in [-0.15, -0.1) is 0 Å². The summed E-state index contributed by atoms with van der Waals surface area (Å²) in [5.41, 5.74) is 0.170. The van der Waals surface area contributed by atoms with Crippen LogP contribution in [0.25, 0.3) is 11.3 Å². The van der Waals surface area contributed by atoms with Crippen molar-refractivity contribution >= 4 is 50.8 Å². The van der Waals surface area contributed by atoms with Crippen molar-refractivity contribution in [3.8, 4) is 11.3 Å². The molecule has 3 aromatic rings. The summed E-state index contributed by atoms with van der Waals surface area (Å²) >= 11 is 7.76. The number of aliphatic carboxylic acids is 1. The number of alkyl halides is 3. The fourth-order valence-corrected chi connectivity index (χ4v) is 7.96. The number of carbonyl (C=O) groups is 2. The Morgan fingerprint density at radius 1 is 0.957 bits per heavy atom. The number of halogens is 4. The molecule has 2 aromatic heterocycles. The van der Waals surface area contributed by atoms with E-state index in [1.165, 1.54) is 61.8 Å². The predicted molar refractivity (Wildman–Crippen MR) is 173 cm³/mol. The zero-order chi connectivity index (χ0) is 32.4. The summed E-state index contributed by atoms with van der Waals surface area (Å²) in [6.07, 6.45) is 4.05. The quantitative estimate of drug-likeness (QED) is 0.279. The lowest BCUT2D eigenvalue weighted by molar-refractivity contribution is -0.142. The van der Waals surface area contributed by atoms with E-state index in [4.69, 9.17) is 11.6 Å². The molecule has 9 nitrogen and oxygen atoms in total. The number of anilines is 3. The highest BCUT2D eigenvalue weighted by molar-refractivity contribution is 7.20. The van der Waals surface area contributed by atoms with Crippen LogP contribution >= 0.6 is 22.9 Å². The molecule has 2 saturated heterocycles. The van der Waals surface area contributed by atoms with E-state index in [0.717, 1.165) is 25.2 Å². The van der Waals surface area contributed by atoms with Crippen LogP contribution in [0.2, 0.25) is 5.02 Å². The third-order valence-electron chi connectivity index (χ3n) is 9.21. The number of hydrogen-bond donors (Lipinski definition) is 2. The fourth-order valence-electron chi connectivity index (χ4n) is 6.64. The van der Waals surface area contributed by atoms with E-state index in [1.807, 2.05) is 4.90 Å². The first-order valence-electron chi connectivity index (χ1n) is 15.7. The Hall–Kier alpha value is -3.42. The maximum Gasteiger partial charge on any atom is 0.416 e. The largest absolute Gasteiger partial charge is 0.481 e. The van der Waals surface area contributed by atoms with E-state index in [-0.39, 0.29) is 15.7 Å². The molecule has 3 fully saturated rings. The topological polar surface area (TPSA) is 102 Å². The maximum atomic E-state index is 13.6. The molecule has 0 atom stereocenters. The van der Waals surface area contributed by atoms with Crippen LogP contribution in [-0.4, -0.2) is 77.2 Å². The Bertz CT molecular complexity index is 1560. The number of carboxylic acid groups (broad SMARTS) is 1. The highest BCUT2D eigenvalue weighted by Crippen LogP contribution is 2.41. The van der Waals surface area contributed by atoms with Crippen LogP contribution < -0.4 is 15.1 Å². The van der Waals surface area contributed by atoms with Crippen LogP contribution in [-0.2, 0) is 11.0 Å². The molecule has 0 unspecified atom stereocenters. The molecule has 246 valence electrons. The Morgan fingerprint density at radius 2 is 1.67 bits per heavy atom. The Morgan fingerprint density at radius 3 is 2.33 bits per heavy atom. The molecule has 2 aliphatic heterocycles. The lowest BCUT2D eigenvalue weighted by atomic mass is 9.94. The van der Waals surface area contributed by atoms with Gasteiger partial charge in [0, 0.05) is 57.1 Å². The first kappa shape index (κ1) is 32.5. The van der Waals surface area contributed by atoms with E-state index in [2.05, 4.69) is 25.1 Å². The number of carboxylic acids is 1. The highest BCUT2D eigenvalue weighted by Gasteiger charge is 2.33. The first-order valence-corrected chi connectivity index (χ1v) is 16.9. The third-order valence-corrected chi connectivity index (χ3v) is 10.5. The number of amides is 1. The first-order chi connectivity index (χ1) is 22.1. The van der Waals surface area contributed by atoms with Gasteiger partial charge in [-0.3, -0.25) is 19.8 Å². The molecule has 14 heteroatoms. The fraction of sp³-hybridized carbons (Fsp3) is 0.500. The van der Waals surface area contributed by atoms with Gasteiger partial charge in [-0.05, 0) is 43.9 Å². The number of carbonyl (C=O) groups excluding carboxylic acids is 1. The predicted octanol–water partition coefficient (Wildman–Crippen LogP) is 6.89. The van der Waals surface area contributed by atoms with E-state index >= 15 is 0 Å². The second-order valence-electron chi connectivity index (χ2n) is 12.1. The summed E-state index contributed by atoms with van der Waals surface area (Å²) in [5.74, 6) is -1.22. The lowest BCUT2D eigenvalue weighted by Crippen LogP contribution is -2.50. The van der Waals surface area contributed by atoms with Crippen molar-refractivity contribution in [3.63, 3.8) is 0 Å². The van der Waals surface area contributed by atoms with Crippen molar-refractivity contribution in [1.82, 2.24) is 14.9 Å². The SMILES string of the molecule is O=C(Nc1nc(-c2cccc(C(F)(F)F)c2)c(N2CCN(C3CCCCC3)CC2)s1)c1cnc(N2CCC(C(=O)O)CC2)c(Cl)c1. The molecule has 6 rings (SSSR count). The number of thiazole rings is 1. The minimum atomic E-state index is -4.50. The minimum absolute atomic E-state index is 0.202. The lowest BCUT2D eigenvalue weighted by Gasteiger charge is -2.41. The Kier molecular flexibility index (Phi) is 9.72. The molecule has 46 heavy (non-hydrogen) atoms. The smallest absolute Gasteiger partial charge is 0.416 e. The van der Waals surface area contributed by atoms with Gasteiger partial charge in [0.1, 0.15) is 16.5 Å². The summed E-state index contributed by atoms with van der Waals surface area (Å²) in [6.45, 7) is 4.12. The zero-order valence-corrected chi connectivity index (χ0v) is 26.8. The average Bonchev–Trinajstić information content (AvgIpc) is 3.48. The van der Waals surface area contributed by atoms with Crippen LogP contribution in [0, 0.1) is 5.92 Å². The summed E-state index contributed by atoms with van der Waals surface area (Å²) in [4.78, 5) is 40.3. The van der Waals surface area contributed by atoms with Gasteiger partial charge in [0.05, 0.1) is 22.1 Å². The van der Waals surface area contributed by atoms with Gasteiger partial charge in [-0.25, -0.2) is 9.97 Å². The van der Waals surface area contributed by atoms with E-state index in [0.29, 0.717) is 67.1 Å². The third kappa shape index (κ3) is 7.26. The van der Waals surface area contributed by atoms with Crippen LogP contribution in [0.15, 0.2) is 36.5 Å². The van der Waals surface area contributed by atoms with Gasteiger partial charge in [0.2, 0.25) is 0 Å². The summed E-state index contributed by atoms with van der Waals surface area (Å²) in [5, 5.41) is 13.3. The zero-order valence-electron chi connectivity index (χ0n) is 25.2. The van der Waals surface area contributed by atoms with E-state index in [9.17, 15) is 27.9 Å². The number of nitrogens with one attached hydrogen (secondary N) is 1. The van der Waals surface area contributed by atoms with Crippen molar-refractivity contribution in [2.45, 2.75) is 57.2 Å². The molecule has 4 heterocycles. The van der Waals surface area contributed by atoms with Crippen LogP contribution in [0.5, 0.6) is 0 Å². The molecule has 2 N–H and O–H groups in total. The van der Waals surface area contributed by atoms with Crippen LogP contribution in [0.3, 0.4) is 0 Å². The summed E-state index contributed by atoms with van der Waals surface area (Å²) < 4.78 is 40.9. The van der Waals surface area contributed by atoms with Crippen molar-refractivity contribution in [3.05, 3.63) is 52.7 Å². The normalized spacial score (nSPS) is 19.0. The molecule has 1 saturated carbocycles. The maximum absolute atomic E-state index is 13.6. The van der Waals surface area contributed by atoms with Gasteiger partial charge in [0.25, 0.3) is 5.91 Å². The number of piperazine rings is 1. The molecular weight excluding hydrogens is 641 g/mol. The average molecular weight is 677 g/mol. The van der Waals surface area contributed by atoms with Crippen LogP contribution in [0.1, 0.15) is 60.9 Å². The molecule has 1 aliphatic carbocycles. The van der Waals surface area contributed by atoms with Gasteiger partial charge in [-0.1, -0.05) is 54.3 Å². The highest BCUT2D eigenvalue weighted by atomic mass is 35.5. The number of piperidine rings is 1. The standard InChI is InChI=1S/C32H36ClF3N6O3S/c33-25-18-22(19-37-27(25)41-11-9-20(10-12-41)30(44)45)28(43)39-31-38-26(21-5-4-6-23(17-21)32(34,35)36)29(46-31)42-15-13-40(14-16-42)24-7-2-1-3-8-24/h4-6,17-20,24H,1-3,7-16H2,(H,44,45)(H,38,39,43). The molecule has 1 aromatic carbocycles. The summed E-state index contributed by atoms with van der Waals surface area (Å²) in [7, 11) is 0. The Labute approximate surface area is 274 Å². The van der Waals surface area contributed by atoms with Gasteiger partial charge < -0.3 is 14.9 Å². The van der Waals surface area contributed by atoms with E-state index < -0.39 is 29.5 Å². The monoisotopic (exact) mass is 676 g/mol. The molecule has 3 aliphatic rings. The molecule has 0 spiro atoms. The summed E-state index contributed by atoms with van der Waals surface area (Å²) in [6, 6.07) is 7.22. The van der Waals surface area contributed by atoms with Gasteiger partial charge in [-0.2, -0.15) is 13.2 Å². The number of hydrogen-bond acceptors (Lipinski definition) is 8. The molecular formula is C32H36ClF3N6O3S. The second kappa shape index (κ2) is 13.7.